The number of aliphatic hydroxyl groups excluding tert-OH is 1. The first-order valence-corrected chi connectivity index (χ1v) is 8.03. The Bertz CT molecular complexity index is 566. The average molecular weight is 303 g/mol. The minimum absolute atomic E-state index is 0.0578. The summed E-state index contributed by atoms with van der Waals surface area (Å²) in [6.45, 7) is 6.13. The van der Waals surface area contributed by atoms with Crippen LogP contribution in [0.5, 0.6) is 5.75 Å². The second-order valence-corrected chi connectivity index (χ2v) is 7.68. The van der Waals surface area contributed by atoms with Crippen LogP contribution in [0.3, 0.4) is 0 Å². The monoisotopic (exact) mass is 303 g/mol. The molecule has 4 heteroatoms. The molecule has 0 spiro atoms. The maximum absolute atomic E-state index is 12.5. The van der Waals surface area contributed by atoms with Crippen molar-refractivity contribution in [1.82, 2.24) is 4.90 Å². The highest BCUT2D eigenvalue weighted by atomic mass is 16.3. The maximum Gasteiger partial charge on any atom is 0.222 e. The molecule has 1 saturated heterocycles. The lowest BCUT2D eigenvalue weighted by atomic mass is 9.48. The van der Waals surface area contributed by atoms with Crippen molar-refractivity contribution in [3.8, 4) is 5.75 Å². The molecule has 1 aliphatic heterocycles. The van der Waals surface area contributed by atoms with Crippen molar-refractivity contribution < 1.29 is 15.0 Å². The molecule has 1 aliphatic carbocycles. The van der Waals surface area contributed by atoms with Gasteiger partial charge < -0.3 is 15.1 Å². The molecule has 1 heterocycles. The third-order valence-corrected chi connectivity index (χ3v) is 5.63. The second-order valence-electron chi connectivity index (χ2n) is 7.68. The summed E-state index contributed by atoms with van der Waals surface area (Å²) in [5.74, 6) is 0.840. The number of rotatable bonds is 4. The fraction of sp³-hybridized carbons (Fsp3) is 0.611. The Kier molecular flexibility index (Phi) is 3.68. The number of carbonyl (C=O) groups excluding carboxylic acids is 1. The summed E-state index contributed by atoms with van der Waals surface area (Å²) in [6, 6.07) is 7.02. The van der Waals surface area contributed by atoms with Gasteiger partial charge in [0.2, 0.25) is 5.91 Å². The number of phenolic OH excluding ortho intramolecular Hbond substituents is 1. The standard InChI is InChI=1S/C18H25NO3/c1-17(2)10-18(12-20)11-19(9-15(17)18)16(22)8-5-13-3-6-14(21)7-4-13/h3-4,6-7,15,20-21H,5,8-12H2,1-2H3/t15-,18-/m1/s1. The molecule has 2 fully saturated rings. The van der Waals surface area contributed by atoms with Crippen LogP contribution in [0.2, 0.25) is 0 Å². The van der Waals surface area contributed by atoms with Crippen molar-refractivity contribution in [1.29, 1.82) is 0 Å². The van der Waals surface area contributed by atoms with Crippen LogP contribution < -0.4 is 0 Å². The summed E-state index contributed by atoms with van der Waals surface area (Å²) in [5, 5.41) is 19.0. The van der Waals surface area contributed by atoms with Gasteiger partial charge >= 0.3 is 0 Å². The number of hydrogen-bond acceptors (Lipinski definition) is 3. The first-order chi connectivity index (χ1) is 10.4. The number of aromatic hydroxyl groups is 1. The normalized spacial score (nSPS) is 29.0. The number of hydrogen-bond donors (Lipinski definition) is 2. The number of phenols is 1. The minimum Gasteiger partial charge on any atom is -0.508 e. The van der Waals surface area contributed by atoms with E-state index in [-0.39, 0.29) is 29.1 Å². The highest BCUT2D eigenvalue weighted by Crippen LogP contribution is 2.62. The summed E-state index contributed by atoms with van der Waals surface area (Å²) in [5.41, 5.74) is 1.23. The fourth-order valence-corrected chi connectivity index (χ4v) is 4.60. The largest absolute Gasteiger partial charge is 0.508 e. The van der Waals surface area contributed by atoms with Crippen molar-refractivity contribution in [3.63, 3.8) is 0 Å². The topological polar surface area (TPSA) is 60.8 Å². The average Bonchev–Trinajstić information content (AvgIpc) is 2.82. The van der Waals surface area contributed by atoms with Gasteiger partial charge in [0.05, 0.1) is 6.61 Å². The van der Waals surface area contributed by atoms with Crippen molar-refractivity contribution in [2.24, 2.45) is 16.7 Å². The predicted molar refractivity (Wildman–Crippen MR) is 84.4 cm³/mol. The van der Waals surface area contributed by atoms with E-state index < -0.39 is 0 Å². The number of nitrogens with zero attached hydrogens (tertiary/aromatic N) is 1. The molecule has 1 aromatic carbocycles. The van der Waals surface area contributed by atoms with Gasteiger partial charge in [-0.25, -0.2) is 0 Å². The minimum atomic E-state index is -0.0578. The molecule has 2 atom stereocenters. The van der Waals surface area contributed by atoms with E-state index in [0.29, 0.717) is 25.3 Å². The van der Waals surface area contributed by atoms with Crippen molar-refractivity contribution in [2.75, 3.05) is 19.7 Å². The van der Waals surface area contributed by atoms with E-state index >= 15 is 0 Å². The summed E-state index contributed by atoms with van der Waals surface area (Å²) < 4.78 is 0. The molecule has 0 aromatic heterocycles. The third kappa shape index (κ3) is 2.50. The van der Waals surface area contributed by atoms with Gasteiger partial charge in [-0.15, -0.1) is 0 Å². The lowest BCUT2D eigenvalue weighted by molar-refractivity contribution is -0.130. The summed E-state index contributed by atoms with van der Waals surface area (Å²) in [7, 11) is 0. The van der Waals surface area contributed by atoms with Crippen LogP contribution in [-0.2, 0) is 11.2 Å². The zero-order valence-electron chi connectivity index (χ0n) is 13.4. The summed E-state index contributed by atoms with van der Waals surface area (Å²) in [4.78, 5) is 14.4. The third-order valence-electron chi connectivity index (χ3n) is 5.63. The van der Waals surface area contributed by atoms with E-state index in [0.717, 1.165) is 18.5 Å². The molecule has 120 valence electrons. The molecule has 1 aromatic rings. The van der Waals surface area contributed by atoms with Crippen LogP contribution >= 0.6 is 0 Å². The summed E-state index contributed by atoms with van der Waals surface area (Å²) in [6.07, 6.45) is 2.18. The molecule has 22 heavy (non-hydrogen) atoms. The van der Waals surface area contributed by atoms with Gasteiger partial charge in [0, 0.05) is 24.9 Å². The first-order valence-electron chi connectivity index (χ1n) is 8.03. The van der Waals surface area contributed by atoms with E-state index in [9.17, 15) is 15.0 Å². The molecule has 3 rings (SSSR count). The number of likely N-dealkylation sites (tertiary alicyclic amines) is 1. The molecular weight excluding hydrogens is 278 g/mol. The number of aliphatic hydroxyl groups is 1. The lowest BCUT2D eigenvalue weighted by Gasteiger charge is -2.55. The Morgan fingerprint density at radius 2 is 2.00 bits per heavy atom. The van der Waals surface area contributed by atoms with Gasteiger partial charge in [-0.1, -0.05) is 26.0 Å². The van der Waals surface area contributed by atoms with Crippen molar-refractivity contribution in [2.45, 2.75) is 33.1 Å². The Morgan fingerprint density at radius 3 is 2.55 bits per heavy atom. The van der Waals surface area contributed by atoms with Gasteiger partial charge in [-0.2, -0.15) is 0 Å². The van der Waals surface area contributed by atoms with E-state index in [1.54, 1.807) is 12.1 Å². The number of amides is 1. The fourth-order valence-electron chi connectivity index (χ4n) is 4.60. The number of carbonyl (C=O) groups is 1. The van der Waals surface area contributed by atoms with Crippen LogP contribution in [0.1, 0.15) is 32.3 Å². The molecule has 4 nitrogen and oxygen atoms in total. The Balaban J connectivity index is 1.59. The maximum atomic E-state index is 12.5. The highest BCUT2D eigenvalue weighted by molar-refractivity contribution is 5.77. The van der Waals surface area contributed by atoms with Crippen LogP contribution in [0, 0.1) is 16.7 Å². The molecule has 0 bridgehead atoms. The Hall–Kier alpha value is -1.55. The lowest BCUT2D eigenvalue weighted by Crippen LogP contribution is -2.54. The molecule has 2 N–H and O–H groups in total. The quantitative estimate of drug-likeness (QED) is 0.896. The SMILES string of the molecule is CC1(C)C[C@]2(CO)CN(C(=O)CCc3ccc(O)cc3)C[C@H]12. The Labute approximate surface area is 131 Å². The molecule has 0 radical (unpaired) electrons. The van der Waals surface area contributed by atoms with Crippen molar-refractivity contribution in [3.05, 3.63) is 29.8 Å². The number of benzene rings is 1. The molecular formula is C18H25NO3. The first kappa shape index (κ1) is 15.3. The van der Waals surface area contributed by atoms with Crippen LogP contribution in [0.4, 0.5) is 0 Å². The van der Waals surface area contributed by atoms with Crippen LogP contribution in [0.15, 0.2) is 24.3 Å². The van der Waals surface area contributed by atoms with Crippen molar-refractivity contribution >= 4 is 5.91 Å². The Morgan fingerprint density at radius 1 is 1.32 bits per heavy atom. The van der Waals surface area contributed by atoms with E-state index in [2.05, 4.69) is 13.8 Å². The molecule has 0 unspecified atom stereocenters. The number of aryl methyl sites for hydroxylation is 1. The van der Waals surface area contributed by atoms with Gasteiger partial charge in [-0.3, -0.25) is 4.79 Å². The van der Waals surface area contributed by atoms with Crippen LogP contribution in [0.25, 0.3) is 0 Å². The molecule has 1 saturated carbocycles. The van der Waals surface area contributed by atoms with Gasteiger partial charge in [0.15, 0.2) is 0 Å². The predicted octanol–water partition coefficient (Wildman–Crippen LogP) is 2.19. The van der Waals surface area contributed by atoms with Crippen LogP contribution in [-0.4, -0.2) is 40.7 Å². The number of fused-ring (bicyclic) bond motifs is 1. The molecule has 1 amide bonds. The van der Waals surface area contributed by atoms with Gasteiger partial charge in [0.25, 0.3) is 0 Å². The smallest absolute Gasteiger partial charge is 0.222 e. The summed E-state index contributed by atoms with van der Waals surface area (Å²) >= 11 is 0. The van der Waals surface area contributed by atoms with E-state index in [1.807, 2.05) is 17.0 Å². The van der Waals surface area contributed by atoms with E-state index in [1.165, 1.54) is 0 Å². The van der Waals surface area contributed by atoms with E-state index in [4.69, 9.17) is 0 Å². The highest BCUT2D eigenvalue weighted by Gasteiger charge is 2.62. The zero-order valence-corrected chi connectivity index (χ0v) is 13.4. The second kappa shape index (κ2) is 5.27. The van der Waals surface area contributed by atoms with Gasteiger partial charge in [0.1, 0.15) is 5.75 Å². The van der Waals surface area contributed by atoms with Gasteiger partial charge in [-0.05, 0) is 41.9 Å². The zero-order chi connectivity index (χ0) is 16.0. The molecule has 2 aliphatic rings.